The number of anilines is 1. The number of methoxy groups -OCH3 is 1. The van der Waals surface area contributed by atoms with Crippen LogP contribution in [0.4, 0.5) is 5.69 Å². The first kappa shape index (κ1) is 17.2. The lowest BCUT2D eigenvalue weighted by atomic mass is 10.2. The first-order valence-electron chi connectivity index (χ1n) is 7.69. The third kappa shape index (κ3) is 3.45. The lowest BCUT2D eigenvalue weighted by Gasteiger charge is -2.30. The predicted molar refractivity (Wildman–Crippen MR) is 92.6 cm³/mol. The number of esters is 1. The SMILES string of the molecule is CCN1CNS(=O)(=O)c2cc(C(=O)Oc3ccc(OC)cc3)ccc21. The van der Waals surface area contributed by atoms with Gasteiger partial charge < -0.3 is 14.4 Å². The van der Waals surface area contributed by atoms with Gasteiger partial charge in [-0.05, 0) is 49.4 Å². The number of sulfonamides is 1. The van der Waals surface area contributed by atoms with E-state index in [4.69, 9.17) is 9.47 Å². The molecule has 0 spiro atoms. The van der Waals surface area contributed by atoms with Crippen LogP contribution in [0.15, 0.2) is 47.4 Å². The Morgan fingerprint density at radius 1 is 1.16 bits per heavy atom. The largest absolute Gasteiger partial charge is 0.497 e. The van der Waals surface area contributed by atoms with Crippen LogP contribution in [-0.4, -0.2) is 34.7 Å². The fraction of sp³-hybridized carbons (Fsp3) is 0.235. The molecule has 25 heavy (non-hydrogen) atoms. The van der Waals surface area contributed by atoms with Crippen LogP contribution < -0.4 is 19.1 Å². The molecule has 0 amide bonds. The van der Waals surface area contributed by atoms with Gasteiger partial charge in [0.1, 0.15) is 16.4 Å². The van der Waals surface area contributed by atoms with E-state index < -0.39 is 16.0 Å². The van der Waals surface area contributed by atoms with E-state index >= 15 is 0 Å². The summed E-state index contributed by atoms with van der Waals surface area (Å²) < 4.78 is 37.3. The molecule has 2 aromatic rings. The van der Waals surface area contributed by atoms with Crippen LogP contribution in [0, 0.1) is 0 Å². The quantitative estimate of drug-likeness (QED) is 0.661. The average Bonchev–Trinajstić information content (AvgIpc) is 2.62. The summed E-state index contributed by atoms with van der Waals surface area (Å²) in [6, 6.07) is 11.1. The highest BCUT2D eigenvalue weighted by Gasteiger charge is 2.28. The minimum absolute atomic E-state index is 0.0739. The van der Waals surface area contributed by atoms with Crippen molar-refractivity contribution in [2.75, 3.05) is 25.2 Å². The standard InChI is InChI=1S/C17H18N2O5S/c1-3-19-11-18-25(21,22)16-10-12(4-9-15(16)19)17(20)24-14-7-5-13(23-2)6-8-14/h4-10,18H,3,11H2,1-2H3. The average molecular weight is 362 g/mol. The Kier molecular flexibility index (Phi) is 4.65. The van der Waals surface area contributed by atoms with E-state index in [-0.39, 0.29) is 17.1 Å². The number of hydrogen-bond donors (Lipinski definition) is 1. The molecule has 1 aliphatic rings. The van der Waals surface area contributed by atoms with Gasteiger partial charge in [-0.15, -0.1) is 0 Å². The van der Waals surface area contributed by atoms with Crippen LogP contribution in [0.3, 0.4) is 0 Å². The summed E-state index contributed by atoms with van der Waals surface area (Å²) in [5.41, 5.74) is 0.736. The van der Waals surface area contributed by atoms with Crippen molar-refractivity contribution >= 4 is 21.7 Å². The van der Waals surface area contributed by atoms with Crippen molar-refractivity contribution in [2.45, 2.75) is 11.8 Å². The molecule has 2 aromatic carbocycles. The molecule has 1 N–H and O–H groups in total. The summed E-state index contributed by atoms with van der Waals surface area (Å²) in [6.45, 7) is 2.78. The Morgan fingerprint density at radius 3 is 2.48 bits per heavy atom. The molecule has 1 heterocycles. The normalized spacial score (nSPS) is 15.4. The Labute approximate surface area is 146 Å². The lowest BCUT2D eigenvalue weighted by molar-refractivity contribution is 0.0734. The second kappa shape index (κ2) is 6.73. The van der Waals surface area contributed by atoms with E-state index in [2.05, 4.69) is 4.72 Å². The van der Waals surface area contributed by atoms with Crippen LogP contribution >= 0.6 is 0 Å². The highest BCUT2D eigenvalue weighted by atomic mass is 32.2. The Morgan fingerprint density at radius 2 is 1.84 bits per heavy atom. The number of rotatable bonds is 4. The second-order valence-corrected chi connectivity index (χ2v) is 7.14. The predicted octanol–water partition coefficient (Wildman–Crippen LogP) is 1.99. The van der Waals surface area contributed by atoms with Crippen LogP contribution in [-0.2, 0) is 10.0 Å². The van der Waals surface area contributed by atoms with Crippen LogP contribution in [0.1, 0.15) is 17.3 Å². The fourth-order valence-electron chi connectivity index (χ4n) is 2.54. The second-order valence-electron chi connectivity index (χ2n) is 5.41. The van der Waals surface area contributed by atoms with Gasteiger partial charge in [-0.1, -0.05) is 0 Å². The van der Waals surface area contributed by atoms with Crippen molar-refractivity contribution < 1.29 is 22.7 Å². The third-order valence-corrected chi connectivity index (χ3v) is 5.34. The number of benzene rings is 2. The number of hydrogen-bond acceptors (Lipinski definition) is 6. The van der Waals surface area contributed by atoms with Crippen LogP contribution in [0.25, 0.3) is 0 Å². The molecular formula is C17H18N2O5S. The summed E-state index contributed by atoms with van der Waals surface area (Å²) in [5.74, 6) is 0.363. The van der Waals surface area contributed by atoms with Gasteiger partial charge in [-0.2, -0.15) is 4.72 Å². The van der Waals surface area contributed by atoms with E-state index in [0.29, 0.717) is 23.7 Å². The zero-order chi connectivity index (χ0) is 18.0. The number of carbonyl (C=O) groups excluding carboxylic acids is 1. The molecule has 0 atom stereocenters. The zero-order valence-corrected chi connectivity index (χ0v) is 14.7. The minimum atomic E-state index is -3.64. The van der Waals surface area contributed by atoms with Gasteiger partial charge in [0.15, 0.2) is 0 Å². The lowest BCUT2D eigenvalue weighted by Crippen LogP contribution is -2.43. The summed E-state index contributed by atoms with van der Waals surface area (Å²) in [5, 5.41) is 0. The molecule has 3 rings (SSSR count). The Bertz CT molecular complexity index is 894. The fourth-order valence-corrected chi connectivity index (χ4v) is 3.77. The van der Waals surface area contributed by atoms with Gasteiger partial charge in [0, 0.05) is 6.54 Å². The first-order chi connectivity index (χ1) is 11.9. The first-order valence-corrected chi connectivity index (χ1v) is 9.18. The van der Waals surface area contributed by atoms with Gasteiger partial charge in [0.05, 0.1) is 25.0 Å². The number of ether oxygens (including phenoxy) is 2. The summed E-state index contributed by atoms with van der Waals surface area (Å²) >= 11 is 0. The van der Waals surface area contributed by atoms with Crippen molar-refractivity contribution in [3.63, 3.8) is 0 Å². The molecule has 0 aliphatic carbocycles. The molecule has 0 unspecified atom stereocenters. The van der Waals surface area contributed by atoms with Crippen molar-refractivity contribution in [1.29, 1.82) is 0 Å². The third-order valence-electron chi connectivity index (χ3n) is 3.92. The molecule has 0 bridgehead atoms. The summed E-state index contributed by atoms with van der Waals surface area (Å²) in [4.78, 5) is 14.3. The molecule has 0 fully saturated rings. The molecule has 132 valence electrons. The van der Waals surface area contributed by atoms with Crippen molar-refractivity contribution in [1.82, 2.24) is 4.72 Å². The number of fused-ring (bicyclic) bond motifs is 1. The molecule has 0 saturated heterocycles. The maximum absolute atomic E-state index is 12.3. The van der Waals surface area contributed by atoms with Crippen molar-refractivity contribution in [2.24, 2.45) is 0 Å². The number of carbonyl (C=O) groups is 1. The highest BCUT2D eigenvalue weighted by molar-refractivity contribution is 7.89. The maximum atomic E-state index is 12.3. The van der Waals surface area contributed by atoms with E-state index in [1.165, 1.54) is 6.07 Å². The Balaban J connectivity index is 1.88. The molecular weight excluding hydrogens is 344 g/mol. The van der Waals surface area contributed by atoms with Crippen molar-refractivity contribution in [3.05, 3.63) is 48.0 Å². The van der Waals surface area contributed by atoms with Crippen LogP contribution in [0.5, 0.6) is 11.5 Å². The summed E-state index contributed by atoms with van der Waals surface area (Å²) in [6.07, 6.45) is 0. The molecule has 0 aromatic heterocycles. The van der Waals surface area contributed by atoms with Gasteiger partial charge in [-0.25, -0.2) is 13.2 Å². The zero-order valence-electron chi connectivity index (χ0n) is 13.9. The van der Waals surface area contributed by atoms with Gasteiger partial charge >= 0.3 is 5.97 Å². The molecule has 0 radical (unpaired) electrons. The Hall–Kier alpha value is -2.58. The monoisotopic (exact) mass is 362 g/mol. The minimum Gasteiger partial charge on any atom is -0.497 e. The van der Waals surface area contributed by atoms with E-state index in [1.54, 1.807) is 43.5 Å². The molecule has 0 saturated carbocycles. The number of nitrogens with one attached hydrogen (secondary N) is 1. The van der Waals surface area contributed by atoms with Crippen molar-refractivity contribution in [3.8, 4) is 11.5 Å². The molecule has 7 nitrogen and oxygen atoms in total. The van der Waals surface area contributed by atoms with E-state index in [9.17, 15) is 13.2 Å². The van der Waals surface area contributed by atoms with Gasteiger partial charge in [-0.3, -0.25) is 0 Å². The summed E-state index contributed by atoms with van der Waals surface area (Å²) in [7, 11) is -2.10. The molecule has 1 aliphatic heterocycles. The van der Waals surface area contributed by atoms with Gasteiger partial charge in [0.2, 0.25) is 10.0 Å². The highest BCUT2D eigenvalue weighted by Crippen LogP contribution is 2.29. The van der Waals surface area contributed by atoms with E-state index in [0.717, 1.165) is 0 Å². The van der Waals surface area contributed by atoms with E-state index in [1.807, 2.05) is 11.8 Å². The number of nitrogens with zero attached hydrogens (tertiary/aromatic N) is 1. The van der Waals surface area contributed by atoms with Gasteiger partial charge in [0.25, 0.3) is 0 Å². The topological polar surface area (TPSA) is 84.9 Å². The smallest absolute Gasteiger partial charge is 0.343 e. The maximum Gasteiger partial charge on any atom is 0.343 e. The van der Waals surface area contributed by atoms with Crippen LogP contribution in [0.2, 0.25) is 0 Å². The molecule has 8 heteroatoms.